The highest BCUT2D eigenvalue weighted by Gasteiger charge is 2.24. The predicted molar refractivity (Wildman–Crippen MR) is 113 cm³/mol. The Kier molecular flexibility index (Phi) is 7.05. The quantitative estimate of drug-likeness (QED) is 0.804. The maximum absolute atomic E-state index is 13.0. The lowest BCUT2D eigenvalue weighted by Crippen LogP contribution is -2.42. The summed E-state index contributed by atoms with van der Waals surface area (Å²) in [5.74, 6) is -0.125. The van der Waals surface area contributed by atoms with Gasteiger partial charge in [0.2, 0.25) is 0 Å². The van der Waals surface area contributed by atoms with Crippen molar-refractivity contribution in [2.45, 2.75) is 32.7 Å². The Morgan fingerprint density at radius 2 is 1.90 bits per heavy atom. The molecule has 7 heteroatoms. The Hall–Kier alpha value is -3.09. The Balaban J connectivity index is 1.63. The molecule has 0 atom stereocenters. The van der Waals surface area contributed by atoms with Gasteiger partial charge in [-0.3, -0.25) is 9.78 Å². The van der Waals surface area contributed by atoms with Crippen LogP contribution < -0.4 is 10.2 Å². The zero-order chi connectivity index (χ0) is 20.6. The zero-order valence-corrected chi connectivity index (χ0v) is 17.0. The number of para-hydroxylation sites is 1. The maximum atomic E-state index is 13.0. The molecule has 2 amide bonds. The number of hydrogen-bond donors (Lipinski definition) is 1. The molecular weight excluding hydrogens is 368 g/mol. The van der Waals surface area contributed by atoms with Crippen LogP contribution in [-0.2, 0) is 4.74 Å². The number of benzene rings is 1. The number of anilines is 2. The summed E-state index contributed by atoms with van der Waals surface area (Å²) in [6.07, 6.45) is 3.07. The lowest BCUT2D eigenvalue weighted by atomic mass is 10.1. The number of nitrogens with zero attached hydrogens (tertiary/aromatic N) is 3. The molecule has 2 aromatic rings. The molecule has 3 rings (SSSR count). The summed E-state index contributed by atoms with van der Waals surface area (Å²) in [4.78, 5) is 32.5. The molecule has 0 unspecified atom stereocenters. The average molecular weight is 396 g/mol. The number of hydrogen-bond acceptors (Lipinski definition) is 5. The molecule has 1 aliphatic heterocycles. The standard InChI is InChI=1S/C22H28N4O3/c1-3-26(19-8-6-5-7-9-19)21(27)20-16-18(10-13-23-20)24-17-11-14-25(15-12-17)22(28)29-4-2/h5-10,13,16-17H,3-4,11-12,14-15H2,1-2H3,(H,23,24). The van der Waals surface area contributed by atoms with Crippen molar-refractivity contribution in [3.63, 3.8) is 0 Å². The van der Waals surface area contributed by atoms with Crippen LogP contribution >= 0.6 is 0 Å². The van der Waals surface area contributed by atoms with Gasteiger partial charge in [-0.15, -0.1) is 0 Å². The number of amides is 2. The fraction of sp³-hybridized carbons (Fsp3) is 0.409. The van der Waals surface area contributed by atoms with Crippen LogP contribution in [0, 0.1) is 0 Å². The minimum Gasteiger partial charge on any atom is -0.450 e. The van der Waals surface area contributed by atoms with Crippen molar-refractivity contribution in [2.75, 3.05) is 36.5 Å². The monoisotopic (exact) mass is 396 g/mol. The van der Waals surface area contributed by atoms with Crippen molar-refractivity contribution in [1.82, 2.24) is 9.88 Å². The largest absolute Gasteiger partial charge is 0.450 e. The first-order valence-electron chi connectivity index (χ1n) is 10.1. The second-order valence-electron chi connectivity index (χ2n) is 6.92. The van der Waals surface area contributed by atoms with Crippen LogP contribution in [0.4, 0.5) is 16.2 Å². The van der Waals surface area contributed by atoms with Crippen molar-refractivity contribution in [1.29, 1.82) is 0 Å². The molecule has 2 heterocycles. The smallest absolute Gasteiger partial charge is 0.409 e. The van der Waals surface area contributed by atoms with Gasteiger partial charge in [0.1, 0.15) is 5.69 Å². The number of piperidine rings is 1. The fourth-order valence-corrected chi connectivity index (χ4v) is 3.48. The molecule has 1 fully saturated rings. The highest BCUT2D eigenvalue weighted by Crippen LogP contribution is 2.20. The van der Waals surface area contributed by atoms with Gasteiger partial charge in [0.05, 0.1) is 6.61 Å². The third-order valence-corrected chi connectivity index (χ3v) is 5.00. The topological polar surface area (TPSA) is 74.8 Å². The van der Waals surface area contributed by atoms with Gasteiger partial charge >= 0.3 is 6.09 Å². The molecule has 154 valence electrons. The van der Waals surface area contributed by atoms with Crippen LogP contribution in [0.15, 0.2) is 48.7 Å². The van der Waals surface area contributed by atoms with Crippen molar-refractivity contribution in [3.05, 3.63) is 54.4 Å². The summed E-state index contributed by atoms with van der Waals surface area (Å²) in [6.45, 7) is 6.03. The molecule has 7 nitrogen and oxygen atoms in total. The fourth-order valence-electron chi connectivity index (χ4n) is 3.48. The summed E-state index contributed by atoms with van der Waals surface area (Å²) in [5.41, 5.74) is 2.12. The Labute approximate surface area is 171 Å². The zero-order valence-electron chi connectivity index (χ0n) is 17.0. The molecule has 0 aliphatic carbocycles. The number of pyridine rings is 1. The van der Waals surface area contributed by atoms with Crippen LogP contribution in [0.2, 0.25) is 0 Å². The van der Waals surface area contributed by atoms with E-state index in [9.17, 15) is 9.59 Å². The summed E-state index contributed by atoms with van der Waals surface area (Å²) in [5, 5.41) is 3.47. The summed E-state index contributed by atoms with van der Waals surface area (Å²) in [6, 6.07) is 13.5. The van der Waals surface area contributed by atoms with Gasteiger partial charge in [-0.1, -0.05) is 18.2 Å². The molecule has 1 N–H and O–H groups in total. The molecule has 0 spiro atoms. The van der Waals surface area contributed by atoms with Crippen LogP contribution in [0.5, 0.6) is 0 Å². The summed E-state index contributed by atoms with van der Waals surface area (Å²) >= 11 is 0. The van der Waals surface area contributed by atoms with E-state index in [0.29, 0.717) is 31.9 Å². The number of carbonyl (C=O) groups is 2. The lowest BCUT2D eigenvalue weighted by molar-refractivity contribution is 0.0974. The predicted octanol–water partition coefficient (Wildman–Crippen LogP) is 3.78. The first-order valence-corrected chi connectivity index (χ1v) is 10.1. The van der Waals surface area contributed by atoms with Crippen LogP contribution in [0.3, 0.4) is 0 Å². The van der Waals surface area contributed by atoms with Gasteiger partial charge in [0.15, 0.2) is 0 Å². The van der Waals surface area contributed by atoms with Crippen LogP contribution in [0.25, 0.3) is 0 Å². The number of nitrogens with one attached hydrogen (secondary N) is 1. The first-order chi connectivity index (χ1) is 14.1. The second-order valence-corrected chi connectivity index (χ2v) is 6.92. The molecule has 29 heavy (non-hydrogen) atoms. The lowest BCUT2D eigenvalue weighted by Gasteiger charge is -2.32. The van der Waals surface area contributed by atoms with E-state index in [0.717, 1.165) is 24.2 Å². The third kappa shape index (κ3) is 5.25. The second kappa shape index (κ2) is 9.91. The van der Waals surface area contributed by atoms with E-state index in [2.05, 4.69) is 10.3 Å². The Bertz CT molecular complexity index is 820. The molecule has 0 saturated carbocycles. The van der Waals surface area contributed by atoms with E-state index >= 15 is 0 Å². The normalized spacial score (nSPS) is 14.3. The van der Waals surface area contributed by atoms with E-state index in [1.54, 1.807) is 22.1 Å². The van der Waals surface area contributed by atoms with Gasteiger partial charge in [-0.2, -0.15) is 0 Å². The SMILES string of the molecule is CCOC(=O)N1CCC(Nc2ccnc(C(=O)N(CC)c3ccccc3)c2)CC1. The van der Waals surface area contributed by atoms with Crippen molar-refractivity contribution in [3.8, 4) is 0 Å². The van der Waals surface area contributed by atoms with E-state index < -0.39 is 0 Å². The van der Waals surface area contributed by atoms with Gasteiger partial charge in [-0.05, 0) is 51.0 Å². The van der Waals surface area contributed by atoms with Crippen molar-refractivity contribution >= 4 is 23.4 Å². The van der Waals surface area contributed by atoms with Gasteiger partial charge in [0.25, 0.3) is 5.91 Å². The Morgan fingerprint density at radius 3 is 2.55 bits per heavy atom. The van der Waals surface area contributed by atoms with Crippen LogP contribution in [0.1, 0.15) is 37.2 Å². The molecule has 0 radical (unpaired) electrons. The van der Waals surface area contributed by atoms with E-state index in [1.807, 2.05) is 50.2 Å². The van der Waals surface area contributed by atoms with E-state index in [-0.39, 0.29) is 18.0 Å². The number of rotatable bonds is 6. The third-order valence-electron chi connectivity index (χ3n) is 5.00. The molecule has 1 aromatic carbocycles. The molecule has 1 saturated heterocycles. The summed E-state index contributed by atoms with van der Waals surface area (Å²) < 4.78 is 5.06. The van der Waals surface area contributed by atoms with E-state index in [4.69, 9.17) is 4.74 Å². The van der Waals surface area contributed by atoms with E-state index in [1.165, 1.54) is 0 Å². The average Bonchev–Trinajstić information content (AvgIpc) is 2.76. The van der Waals surface area contributed by atoms with Gasteiger partial charge in [-0.25, -0.2) is 4.79 Å². The highest BCUT2D eigenvalue weighted by atomic mass is 16.6. The molecule has 1 aliphatic rings. The minimum atomic E-state index is -0.247. The first kappa shape index (κ1) is 20.6. The van der Waals surface area contributed by atoms with Crippen molar-refractivity contribution < 1.29 is 14.3 Å². The van der Waals surface area contributed by atoms with Crippen molar-refractivity contribution in [2.24, 2.45) is 0 Å². The van der Waals surface area contributed by atoms with Gasteiger partial charge < -0.3 is 19.9 Å². The number of carbonyl (C=O) groups excluding carboxylic acids is 2. The number of likely N-dealkylation sites (tertiary alicyclic amines) is 1. The highest BCUT2D eigenvalue weighted by molar-refractivity contribution is 6.05. The number of ether oxygens (including phenoxy) is 1. The molecule has 0 bridgehead atoms. The van der Waals surface area contributed by atoms with Gasteiger partial charge in [0, 0.05) is 43.2 Å². The minimum absolute atomic E-state index is 0.125. The molecule has 1 aromatic heterocycles. The maximum Gasteiger partial charge on any atom is 0.409 e. The molecular formula is C22H28N4O3. The Morgan fingerprint density at radius 1 is 1.17 bits per heavy atom. The van der Waals surface area contributed by atoms with Crippen LogP contribution in [-0.4, -0.2) is 54.2 Å². The summed E-state index contributed by atoms with van der Waals surface area (Å²) in [7, 11) is 0. The number of aromatic nitrogens is 1.